The summed E-state index contributed by atoms with van der Waals surface area (Å²) in [6.07, 6.45) is 2.12. The van der Waals surface area contributed by atoms with E-state index in [4.69, 9.17) is 9.47 Å². The number of benzene rings is 1. The average Bonchev–Trinajstić information content (AvgIpc) is 2.74. The molecule has 0 spiro atoms. The molecule has 9 heteroatoms. The van der Waals surface area contributed by atoms with Crippen LogP contribution in [0.1, 0.15) is 56.8 Å². The first-order valence-electron chi connectivity index (χ1n) is 11.3. The molecule has 3 rings (SSSR count). The number of likely N-dealkylation sites (N-methyl/N-ethyl adjacent to an activating group) is 1. The molecule has 9 nitrogen and oxygen atoms in total. The molecule has 0 aliphatic carbocycles. The van der Waals surface area contributed by atoms with Crippen LogP contribution in [-0.2, 0) is 9.53 Å². The second-order valence-electron chi connectivity index (χ2n) is 8.69. The number of carbonyl (C=O) groups excluding carboxylic acids is 3. The lowest BCUT2D eigenvalue weighted by atomic mass is 9.94. The third kappa shape index (κ3) is 5.91. The summed E-state index contributed by atoms with van der Waals surface area (Å²) in [5.74, 6) is 0.241. The summed E-state index contributed by atoms with van der Waals surface area (Å²) >= 11 is 0. The zero-order valence-electron chi connectivity index (χ0n) is 19.3. The van der Waals surface area contributed by atoms with E-state index in [2.05, 4.69) is 16.0 Å². The van der Waals surface area contributed by atoms with Crippen LogP contribution >= 0.6 is 0 Å². The fraction of sp³-hybridized carbons (Fsp3) is 0.609. The summed E-state index contributed by atoms with van der Waals surface area (Å²) in [6.45, 7) is 6.69. The molecule has 2 heterocycles. The number of carbonyl (C=O) groups is 3. The Kier molecular flexibility index (Phi) is 7.95. The van der Waals surface area contributed by atoms with Gasteiger partial charge in [-0.1, -0.05) is 6.92 Å². The number of nitrogens with one attached hydrogen (secondary N) is 3. The van der Waals surface area contributed by atoms with Crippen molar-refractivity contribution in [3.63, 3.8) is 0 Å². The predicted molar refractivity (Wildman–Crippen MR) is 121 cm³/mol. The van der Waals surface area contributed by atoms with Crippen LogP contribution in [0.25, 0.3) is 0 Å². The van der Waals surface area contributed by atoms with Crippen molar-refractivity contribution in [3.8, 4) is 5.75 Å². The third-order valence-electron chi connectivity index (χ3n) is 5.67. The van der Waals surface area contributed by atoms with Crippen LogP contribution in [0.3, 0.4) is 0 Å². The van der Waals surface area contributed by atoms with Crippen molar-refractivity contribution < 1.29 is 23.9 Å². The van der Waals surface area contributed by atoms with E-state index < -0.39 is 0 Å². The van der Waals surface area contributed by atoms with Gasteiger partial charge in [0.15, 0.2) is 0 Å². The summed E-state index contributed by atoms with van der Waals surface area (Å²) < 4.78 is 12.1. The minimum Gasteiger partial charge on any atom is -0.490 e. The number of amides is 4. The predicted octanol–water partition coefficient (Wildman–Crippen LogP) is 2.51. The Labute approximate surface area is 189 Å². The van der Waals surface area contributed by atoms with Gasteiger partial charge in [0.2, 0.25) is 5.91 Å². The van der Waals surface area contributed by atoms with Crippen LogP contribution in [0.5, 0.6) is 5.75 Å². The molecule has 4 amide bonds. The Hall–Kier alpha value is -2.81. The fourth-order valence-corrected chi connectivity index (χ4v) is 4.08. The monoisotopic (exact) mass is 446 g/mol. The molecule has 0 aromatic heterocycles. The van der Waals surface area contributed by atoms with Crippen molar-refractivity contribution in [1.29, 1.82) is 0 Å². The van der Waals surface area contributed by atoms with Crippen molar-refractivity contribution in [1.82, 2.24) is 15.5 Å². The zero-order valence-corrected chi connectivity index (χ0v) is 19.3. The van der Waals surface area contributed by atoms with E-state index in [1.165, 1.54) is 0 Å². The van der Waals surface area contributed by atoms with Gasteiger partial charge in [0, 0.05) is 25.3 Å². The van der Waals surface area contributed by atoms with E-state index >= 15 is 0 Å². The molecule has 0 saturated carbocycles. The number of hydrogen-bond donors (Lipinski definition) is 3. The van der Waals surface area contributed by atoms with E-state index in [9.17, 15) is 14.4 Å². The van der Waals surface area contributed by atoms with Gasteiger partial charge in [-0.15, -0.1) is 0 Å². The van der Waals surface area contributed by atoms with Gasteiger partial charge in [0.05, 0.1) is 24.1 Å². The highest BCUT2D eigenvalue weighted by atomic mass is 16.5. The van der Waals surface area contributed by atoms with Crippen LogP contribution in [0, 0.1) is 0 Å². The van der Waals surface area contributed by atoms with E-state index in [-0.39, 0.29) is 48.7 Å². The molecule has 3 atom stereocenters. The van der Waals surface area contributed by atoms with Gasteiger partial charge >= 0.3 is 6.03 Å². The van der Waals surface area contributed by atoms with Gasteiger partial charge in [-0.2, -0.15) is 0 Å². The molecule has 0 bridgehead atoms. The number of anilines is 1. The van der Waals surface area contributed by atoms with E-state index in [0.717, 1.165) is 12.8 Å². The lowest BCUT2D eigenvalue weighted by molar-refractivity contribution is -0.134. The molecule has 1 aromatic rings. The summed E-state index contributed by atoms with van der Waals surface area (Å²) in [7, 11) is 1.76. The third-order valence-corrected chi connectivity index (χ3v) is 5.67. The largest absolute Gasteiger partial charge is 0.490 e. The average molecular weight is 447 g/mol. The van der Waals surface area contributed by atoms with Gasteiger partial charge in [-0.25, -0.2) is 4.79 Å². The van der Waals surface area contributed by atoms with Crippen LogP contribution in [0.4, 0.5) is 10.5 Å². The molecule has 176 valence electrons. The minimum atomic E-state index is -0.331. The highest BCUT2D eigenvalue weighted by Crippen LogP contribution is 2.32. The highest BCUT2D eigenvalue weighted by Gasteiger charge is 2.39. The van der Waals surface area contributed by atoms with Crippen LogP contribution in [0.15, 0.2) is 18.2 Å². The lowest BCUT2D eigenvalue weighted by Crippen LogP contribution is -2.54. The van der Waals surface area contributed by atoms with Crippen LogP contribution < -0.4 is 20.7 Å². The topological polar surface area (TPSA) is 109 Å². The first-order valence-corrected chi connectivity index (χ1v) is 11.3. The van der Waals surface area contributed by atoms with Gasteiger partial charge in [-0.3, -0.25) is 9.59 Å². The normalized spacial score (nSPS) is 22.7. The number of ether oxygens (including phenoxy) is 2. The van der Waals surface area contributed by atoms with Crippen molar-refractivity contribution in [2.45, 2.75) is 70.7 Å². The first kappa shape index (κ1) is 23.8. The second kappa shape index (κ2) is 10.7. The Balaban J connectivity index is 1.70. The summed E-state index contributed by atoms with van der Waals surface area (Å²) in [4.78, 5) is 39.0. The number of hydrogen-bond acceptors (Lipinski definition) is 5. The molecule has 1 fully saturated rings. The number of urea groups is 1. The molecule has 3 N–H and O–H groups in total. The maximum atomic E-state index is 13.2. The molecule has 2 aliphatic heterocycles. The standard InChI is InChI=1S/C23H34N4O5/c1-5-10-24-21(28)12-16-7-8-18-20(32-16)13-31-19-9-6-15(26-23(30)25-14(2)3)11-17(19)22(29)27(18)4/h6,9,11,14,16,18,20H,5,7-8,10,12-13H2,1-4H3,(H,24,28)(H2,25,26,30)/t16-,18-,20-/m1/s1. The summed E-state index contributed by atoms with van der Waals surface area (Å²) in [5, 5.41) is 8.39. The number of nitrogens with zero attached hydrogens (tertiary/aromatic N) is 1. The van der Waals surface area contributed by atoms with Crippen molar-refractivity contribution in [2.24, 2.45) is 0 Å². The Morgan fingerprint density at radius 1 is 1.25 bits per heavy atom. The van der Waals surface area contributed by atoms with Gasteiger partial charge in [0.25, 0.3) is 5.91 Å². The smallest absolute Gasteiger partial charge is 0.319 e. The number of fused-ring (bicyclic) bond motifs is 2. The molecule has 2 aliphatic rings. The van der Waals surface area contributed by atoms with E-state index in [1.807, 2.05) is 20.8 Å². The van der Waals surface area contributed by atoms with Crippen LogP contribution in [0.2, 0.25) is 0 Å². The highest BCUT2D eigenvalue weighted by molar-refractivity contribution is 5.99. The lowest BCUT2D eigenvalue weighted by Gasteiger charge is -2.42. The van der Waals surface area contributed by atoms with Crippen molar-refractivity contribution in [2.75, 3.05) is 25.5 Å². The fourth-order valence-electron chi connectivity index (χ4n) is 4.08. The molecule has 0 radical (unpaired) electrons. The molecular weight excluding hydrogens is 412 g/mol. The molecule has 0 unspecified atom stereocenters. The van der Waals surface area contributed by atoms with Crippen molar-refractivity contribution >= 4 is 23.5 Å². The number of rotatable bonds is 6. The van der Waals surface area contributed by atoms with Gasteiger partial charge in [-0.05, 0) is 51.3 Å². The van der Waals surface area contributed by atoms with Crippen LogP contribution in [-0.4, -0.2) is 67.2 Å². The Bertz CT molecular complexity index is 844. The maximum absolute atomic E-state index is 13.2. The molecule has 1 saturated heterocycles. The minimum absolute atomic E-state index is 0.000203. The maximum Gasteiger partial charge on any atom is 0.319 e. The Morgan fingerprint density at radius 2 is 2.03 bits per heavy atom. The van der Waals surface area contributed by atoms with E-state index in [1.54, 1.807) is 30.1 Å². The van der Waals surface area contributed by atoms with Gasteiger partial charge in [0.1, 0.15) is 18.5 Å². The quantitative estimate of drug-likeness (QED) is 0.622. The summed E-state index contributed by atoms with van der Waals surface area (Å²) in [6, 6.07) is 4.55. The summed E-state index contributed by atoms with van der Waals surface area (Å²) in [5.41, 5.74) is 0.914. The second-order valence-corrected chi connectivity index (χ2v) is 8.69. The Morgan fingerprint density at radius 3 is 2.75 bits per heavy atom. The van der Waals surface area contributed by atoms with E-state index in [0.29, 0.717) is 36.4 Å². The molecule has 1 aromatic carbocycles. The SMILES string of the molecule is CCCNC(=O)C[C@H]1CC[C@@H]2[C@@H](COc3ccc(NC(=O)NC(C)C)cc3C(=O)N2C)O1. The molecular formula is C23H34N4O5. The van der Waals surface area contributed by atoms with Gasteiger partial charge < -0.3 is 30.3 Å². The first-order chi connectivity index (χ1) is 15.3. The zero-order chi connectivity index (χ0) is 23.3. The van der Waals surface area contributed by atoms with Crippen molar-refractivity contribution in [3.05, 3.63) is 23.8 Å². The molecule has 32 heavy (non-hydrogen) atoms.